The Kier molecular flexibility index (Phi) is 5.40. The second-order valence-electron chi connectivity index (χ2n) is 8.30. The number of likely N-dealkylation sites (tertiary alicyclic amines) is 1. The summed E-state index contributed by atoms with van der Waals surface area (Å²) in [6.45, 7) is 3.30. The fraction of sp³-hybridized carbons (Fsp3) is 0.682. The van der Waals surface area contributed by atoms with E-state index in [1.807, 2.05) is 0 Å². The Balaban J connectivity index is 1.26. The lowest BCUT2D eigenvalue weighted by Crippen LogP contribution is -2.37. The Morgan fingerprint density at radius 1 is 1.12 bits per heavy atom. The van der Waals surface area contributed by atoms with E-state index in [1.165, 1.54) is 44.1 Å². The van der Waals surface area contributed by atoms with Gasteiger partial charge in [-0.2, -0.15) is 0 Å². The van der Waals surface area contributed by atoms with Crippen LogP contribution in [0.25, 0.3) is 0 Å². The molecule has 2 saturated heterocycles. The van der Waals surface area contributed by atoms with E-state index in [9.17, 15) is 4.79 Å². The topological polar surface area (TPSA) is 32.3 Å². The van der Waals surface area contributed by atoms with Gasteiger partial charge in [0.25, 0.3) is 0 Å². The fourth-order valence-electron chi connectivity index (χ4n) is 5.12. The number of piperidine rings is 1. The number of hydrogen-bond donors (Lipinski definition) is 1. The van der Waals surface area contributed by atoms with Crippen molar-refractivity contribution in [1.82, 2.24) is 10.2 Å². The van der Waals surface area contributed by atoms with Crippen molar-refractivity contribution in [2.45, 2.75) is 57.4 Å². The van der Waals surface area contributed by atoms with Gasteiger partial charge in [-0.1, -0.05) is 30.3 Å². The van der Waals surface area contributed by atoms with E-state index in [0.717, 1.165) is 38.4 Å². The Bertz CT molecular complexity index is 567. The van der Waals surface area contributed by atoms with Gasteiger partial charge in [0.15, 0.2) is 0 Å². The molecule has 1 aromatic rings. The first kappa shape index (κ1) is 17.1. The lowest BCUT2D eigenvalue weighted by atomic mass is 9.91. The van der Waals surface area contributed by atoms with Gasteiger partial charge in [0.1, 0.15) is 0 Å². The van der Waals surface area contributed by atoms with Gasteiger partial charge < -0.3 is 10.2 Å². The monoisotopic (exact) mass is 340 g/mol. The van der Waals surface area contributed by atoms with Crippen LogP contribution in [0.1, 0.15) is 50.5 Å². The van der Waals surface area contributed by atoms with Crippen LogP contribution in [-0.4, -0.2) is 36.5 Å². The summed E-state index contributed by atoms with van der Waals surface area (Å²) in [7, 11) is 0. The molecule has 3 fully saturated rings. The van der Waals surface area contributed by atoms with Gasteiger partial charge in [-0.15, -0.1) is 0 Å². The minimum atomic E-state index is 0.359. The van der Waals surface area contributed by atoms with Gasteiger partial charge in [-0.25, -0.2) is 0 Å². The number of hydrogen-bond acceptors (Lipinski definition) is 2. The molecular weight excluding hydrogens is 308 g/mol. The van der Waals surface area contributed by atoms with Crippen LogP contribution in [0.2, 0.25) is 0 Å². The summed E-state index contributed by atoms with van der Waals surface area (Å²) in [5.74, 6) is 2.35. The number of nitrogens with one attached hydrogen (secondary N) is 1. The summed E-state index contributed by atoms with van der Waals surface area (Å²) in [6.07, 6.45) is 9.63. The largest absolute Gasteiger partial charge is 0.339 e. The maximum absolute atomic E-state index is 13.0. The maximum atomic E-state index is 13.0. The average molecular weight is 341 g/mol. The zero-order chi connectivity index (χ0) is 17.1. The molecule has 1 unspecified atom stereocenters. The van der Waals surface area contributed by atoms with Crippen LogP contribution in [0.3, 0.4) is 0 Å². The van der Waals surface area contributed by atoms with Crippen molar-refractivity contribution in [2.24, 2.45) is 17.8 Å². The molecule has 3 heteroatoms. The molecule has 1 aromatic carbocycles. The molecule has 0 spiro atoms. The lowest BCUT2D eigenvalue weighted by molar-refractivity contribution is -0.134. The van der Waals surface area contributed by atoms with E-state index in [4.69, 9.17) is 0 Å². The quantitative estimate of drug-likeness (QED) is 0.857. The van der Waals surface area contributed by atoms with E-state index in [1.54, 1.807) is 0 Å². The van der Waals surface area contributed by atoms with Crippen molar-refractivity contribution in [3.8, 4) is 0 Å². The van der Waals surface area contributed by atoms with Crippen LogP contribution in [0, 0.1) is 17.8 Å². The molecule has 4 rings (SSSR count). The first-order valence-electron chi connectivity index (χ1n) is 10.4. The number of benzene rings is 1. The van der Waals surface area contributed by atoms with Crippen molar-refractivity contribution < 1.29 is 4.79 Å². The van der Waals surface area contributed by atoms with Crippen LogP contribution >= 0.6 is 0 Å². The third-order valence-corrected chi connectivity index (χ3v) is 6.65. The minimum absolute atomic E-state index is 0.359. The number of aryl methyl sites for hydroxylation is 1. The summed E-state index contributed by atoms with van der Waals surface area (Å²) < 4.78 is 0. The third kappa shape index (κ3) is 4.08. The van der Waals surface area contributed by atoms with Crippen LogP contribution in [0.4, 0.5) is 0 Å². The predicted octanol–water partition coefficient (Wildman–Crippen LogP) is 3.64. The maximum Gasteiger partial charge on any atom is 0.226 e. The zero-order valence-electron chi connectivity index (χ0n) is 15.3. The van der Waals surface area contributed by atoms with Gasteiger partial charge in [-0.3, -0.25) is 4.79 Å². The first-order valence-corrected chi connectivity index (χ1v) is 10.4. The number of amides is 1. The van der Waals surface area contributed by atoms with Crippen LogP contribution < -0.4 is 5.32 Å². The molecule has 1 N–H and O–H groups in total. The van der Waals surface area contributed by atoms with E-state index in [0.29, 0.717) is 23.8 Å². The number of carbonyl (C=O) groups is 1. The van der Waals surface area contributed by atoms with E-state index < -0.39 is 0 Å². The predicted molar refractivity (Wildman–Crippen MR) is 101 cm³/mol. The Morgan fingerprint density at radius 2 is 1.92 bits per heavy atom. The molecule has 1 saturated carbocycles. The average Bonchev–Trinajstić information content (AvgIpc) is 3.34. The molecule has 1 aliphatic carbocycles. The molecule has 3 aliphatic rings. The molecule has 2 heterocycles. The molecule has 1 amide bonds. The Hall–Kier alpha value is -1.35. The molecule has 3 atom stereocenters. The lowest BCUT2D eigenvalue weighted by Gasteiger charge is -2.27. The van der Waals surface area contributed by atoms with Crippen molar-refractivity contribution >= 4 is 5.91 Å². The third-order valence-electron chi connectivity index (χ3n) is 6.65. The number of nitrogens with zero attached hydrogens (tertiary/aromatic N) is 1. The second kappa shape index (κ2) is 7.90. The van der Waals surface area contributed by atoms with Crippen LogP contribution in [0.5, 0.6) is 0 Å². The zero-order valence-corrected chi connectivity index (χ0v) is 15.3. The second-order valence-corrected chi connectivity index (χ2v) is 8.30. The van der Waals surface area contributed by atoms with Gasteiger partial charge in [-0.05, 0) is 81.9 Å². The highest BCUT2D eigenvalue weighted by molar-refractivity contribution is 5.82. The summed E-state index contributed by atoms with van der Waals surface area (Å²) in [4.78, 5) is 15.3. The summed E-state index contributed by atoms with van der Waals surface area (Å²) in [5.41, 5.74) is 1.42. The Morgan fingerprint density at radius 3 is 2.72 bits per heavy atom. The summed E-state index contributed by atoms with van der Waals surface area (Å²) in [5, 5.41) is 3.44. The van der Waals surface area contributed by atoms with Crippen LogP contribution in [-0.2, 0) is 11.2 Å². The van der Waals surface area contributed by atoms with Crippen molar-refractivity contribution in [1.29, 1.82) is 0 Å². The first-order chi connectivity index (χ1) is 12.3. The molecule has 0 bridgehead atoms. The summed E-state index contributed by atoms with van der Waals surface area (Å²) >= 11 is 0. The smallest absolute Gasteiger partial charge is 0.226 e. The van der Waals surface area contributed by atoms with Gasteiger partial charge in [0, 0.05) is 18.5 Å². The normalized spacial score (nSPS) is 29.8. The molecule has 3 nitrogen and oxygen atoms in total. The molecule has 0 aromatic heterocycles. The standard InChI is InChI=1S/C22H32N2O/c25-22(21-16-20(21)18-11-13-23-14-12-18)24-15-5-10-19(24)9-4-8-17-6-2-1-3-7-17/h1-3,6-7,18-21,23H,4-5,8-16H2/t19?,20-,21+/m0/s1. The highest BCUT2D eigenvalue weighted by Crippen LogP contribution is 2.49. The van der Waals surface area contributed by atoms with E-state index in [-0.39, 0.29) is 0 Å². The fourth-order valence-corrected chi connectivity index (χ4v) is 5.12. The van der Waals surface area contributed by atoms with Gasteiger partial charge in [0.05, 0.1) is 0 Å². The van der Waals surface area contributed by atoms with Crippen LogP contribution in [0.15, 0.2) is 30.3 Å². The highest BCUT2D eigenvalue weighted by atomic mass is 16.2. The highest BCUT2D eigenvalue weighted by Gasteiger charge is 2.50. The van der Waals surface area contributed by atoms with Crippen molar-refractivity contribution in [3.63, 3.8) is 0 Å². The number of carbonyl (C=O) groups excluding carboxylic acids is 1. The summed E-state index contributed by atoms with van der Waals surface area (Å²) in [6, 6.07) is 11.3. The molecule has 0 radical (unpaired) electrons. The molecule has 25 heavy (non-hydrogen) atoms. The molecular formula is C22H32N2O. The van der Waals surface area contributed by atoms with E-state index >= 15 is 0 Å². The SMILES string of the molecule is O=C([C@@H]1C[C@H]1C1CCNCC1)N1CCCC1CCCc1ccccc1. The number of rotatable bonds is 6. The molecule has 136 valence electrons. The van der Waals surface area contributed by atoms with E-state index in [2.05, 4.69) is 40.5 Å². The Labute approximate surface area is 152 Å². The van der Waals surface area contributed by atoms with Gasteiger partial charge >= 0.3 is 0 Å². The van der Waals surface area contributed by atoms with Crippen molar-refractivity contribution in [3.05, 3.63) is 35.9 Å². The van der Waals surface area contributed by atoms with Crippen molar-refractivity contribution in [2.75, 3.05) is 19.6 Å². The minimum Gasteiger partial charge on any atom is -0.339 e. The van der Waals surface area contributed by atoms with Gasteiger partial charge in [0.2, 0.25) is 5.91 Å². The molecule has 2 aliphatic heterocycles.